The van der Waals surface area contributed by atoms with Gasteiger partial charge in [0.2, 0.25) is 0 Å². The van der Waals surface area contributed by atoms with Gasteiger partial charge in [-0.05, 0) is 25.1 Å². The number of rotatable bonds is 4. The normalized spacial score (nSPS) is 10.4. The van der Waals surface area contributed by atoms with Gasteiger partial charge in [0.1, 0.15) is 5.82 Å². The zero-order valence-corrected chi connectivity index (χ0v) is 13.2. The number of anilines is 1. The number of H-pyrrole nitrogens is 1. The van der Waals surface area contributed by atoms with E-state index in [0.717, 1.165) is 0 Å². The zero-order valence-electron chi connectivity index (χ0n) is 13.2. The molecule has 3 aromatic rings. The molecule has 0 aliphatic rings. The number of benzene rings is 2. The van der Waals surface area contributed by atoms with E-state index in [-0.39, 0.29) is 22.6 Å². The van der Waals surface area contributed by atoms with Crippen LogP contribution in [0.1, 0.15) is 15.9 Å². The molecule has 0 saturated carbocycles. The number of hydrogen-bond donors (Lipinski definition) is 2. The van der Waals surface area contributed by atoms with E-state index in [9.17, 15) is 19.7 Å². The molecule has 2 aromatic carbocycles. The van der Waals surface area contributed by atoms with Crippen molar-refractivity contribution in [2.45, 2.75) is 6.92 Å². The van der Waals surface area contributed by atoms with Gasteiger partial charge < -0.3 is 5.32 Å². The largest absolute Gasteiger partial charge is 0.306 e. The highest BCUT2D eigenvalue weighted by Crippen LogP contribution is 2.20. The number of aryl methyl sites for hydroxylation is 1. The summed E-state index contributed by atoms with van der Waals surface area (Å²) in [4.78, 5) is 34.6. The van der Waals surface area contributed by atoms with Crippen molar-refractivity contribution in [1.82, 2.24) is 9.78 Å². The highest BCUT2D eigenvalue weighted by molar-refractivity contribution is 6.04. The average molecular weight is 338 g/mol. The van der Waals surface area contributed by atoms with Gasteiger partial charge in [-0.2, -0.15) is 0 Å². The Morgan fingerprint density at radius 3 is 2.56 bits per heavy atom. The van der Waals surface area contributed by atoms with Gasteiger partial charge in [-0.1, -0.05) is 24.3 Å². The first kappa shape index (κ1) is 16.2. The first-order chi connectivity index (χ1) is 12.0. The molecule has 0 aliphatic heterocycles. The Balaban J connectivity index is 1.94. The third kappa shape index (κ3) is 3.32. The van der Waals surface area contributed by atoms with Crippen molar-refractivity contribution < 1.29 is 9.72 Å². The molecule has 126 valence electrons. The fourth-order valence-electron chi connectivity index (χ4n) is 2.40. The maximum absolute atomic E-state index is 12.4. The van der Waals surface area contributed by atoms with Crippen LogP contribution >= 0.6 is 0 Å². The van der Waals surface area contributed by atoms with E-state index in [0.29, 0.717) is 11.3 Å². The summed E-state index contributed by atoms with van der Waals surface area (Å²) in [6.45, 7) is 1.60. The van der Waals surface area contributed by atoms with Crippen molar-refractivity contribution >= 4 is 17.4 Å². The molecule has 0 spiro atoms. The second-order valence-electron chi connectivity index (χ2n) is 5.39. The van der Waals surface area contributed by atoms with Crippen molar-refractivity contribution in [3.63, 3.8) is 0 Å². The Bertz CT molecular complexity index is 1000. The maximum Gasteiger partial charge on any atom is 0.273 e. The highest BCUT2D eigenvalue weighted by atomic mass is 16.6. The molecule has 0 unspecified atom stereocenters. The van der Waals surface area contributed by atoms with Crippen LogP contribution in [0.25, 0.3) is 5.69 Å². The summed E-state index contributed by atoms with van der Waals surface area (Å²) < 4.78 is 1.43. The molecule has 25 heavy (non-hydrogen) atoms. The molecule has 0 fully saturated rings. The predicted molar refractivity (Wildman–Crippen MR) is 92.2 cm³/mol. The van der Waals surface area contributed by atoms with Crippen LogP contribution in [-0.2, 0) is 0 Å². The number of nitrogens with zero attached hydrogens (tertiary/aromatic N) is 2. The number of nitro groups is 1. The molecule has 0 bridgehead atoms. The topological polar surface area (TPSA) is 110 Å². The van der Waals surface area contributed by atoms with Crippen LogP contribution < -0.4 is 10.9 Å². The van der Waals surface area contributed by atoms with Gasteiger partial charge in [-0.25, -0.2) is 4.68 Å². The minimum Gasteiger partial charge on any atom is -0.306 e. The van der Waals surface area contributed by atoms with Crippen molar-refractivity contribution in [1.29, 1.82) is 0 Å². The molecule has 1 heterocycles. The van der Waals surface area contributed by atoms with Crippen LogP contribution in [-0.4, -0.2) is 20.6 Å². The van der Waals surface area contributed by atoms with E-state index in [2.05, 4.69) is 10.4 Å². The molecule has 1 aromatic heterocycles. The number of aromatic amines is 1. The maximum atomic E-state index is 12.4. The monoisotopic (exact) mass is 338 g/mol. The summed E-state index contributed by atoms with van der Waals surface area (Å²) in [5.74, 6) is -0.309. The number of para-hydroxylation sites is 1. The summed E-state index contributed by atoms with van der Waals surface area (Å²) in [5.41, 5.74) is 0.737. The van der Waals surface area contributed by atoms with Gasteiger partial charge in [0.05, 0.1) is 10.6 Å². The molecule has 8 nitrogen and oxygen atoms in total. The smallest absolute Gasteiger partial charge is 0.273 e. The summed E-state index contributed by atoms with van der Waals surface area (Å²) in [7, 11) is 0. The van der Waals surface area contributed by atoms with Crippen molar-refractivity contribution in [2.24, 2.45) is 0 Å². The fraction of sp³-hybridized carbons (Fsp3) is 0.0588. The minimum atomic E-state index is -0.549. The minimum absolute atomic E-state index is 0.130. The molecule has 0 atom stereocenters. The van der Waals surface area contributed by atoms with E-state index in [1.54, 1.807) is 31.2 Å². The molecule has 8 heteroatoms. The van der Waals surface area contributed by atoms with Crippen LogP contribution in [0.5, 0.6) is 0 Å². The molecule has 2 N–H and O–H groups in total. The Morgan fingerprint density at radius 2 is 1.88 bits per heavy atom. The lowest BCUT2D eigenvalue weighted by Crippen LogP contribution is -2.15. The van der Waals surface area contributed by atoms with E-state index < -0.39 is 10.8 Å². The van der Waals surface area contributed by atoms with Gasteiger partial charge >= 0.3 is 0 Å². The van der Waals surface area contributed by atoms with Crippen LogP contribution in [0.3, 0.4) is 0 Å². The Hall–Kier alpha value is -3.68. The van der Waals surface area contributed by atoms with Crippen LogP contribution in [0.2, 0.25) is 0 Å². The summed E-state index contributed by atoms with van der Waals surface area (Å²) >= 11 is 0. The quantitative estimate of drug-likeness (QED) is 0.563. The summed E-state index contributed by atoms with van der Waals surface area (Å²) in [6.07, 6.45) is 0. The molecule has 0 radical (unpaired) electrons. The van der Waals surface area contributed by atoms with E-state index in [1.165, 1.54) is 28.9 Å². The number of carbonyl (C=O) groups excluding carboxylic acids is 1. The van der Waals surface area contributed by atoms with Crippen molar-refractivity contribution in [3.05, 3.63) is 86.2 Å². The SMILES string of the molecule is Cc1ccc(C(=O)Nc2cc(=O)[nH]n2-c2ccccc2)cc1[N+](=O)[O-]. The standard InChI is InChI=1S/C17H14N4O4/c1-11-7-8-12(9-14(11)21(24)25)17(23)18-15-10-16(22)19-20(15)13-5-3-2-4-6-13/h2-10H,1H3,(H,18,23)(H,19,22). The lowest BCUT2D eigenvalue weighted by Gasteiger charge is -2.10. The van der Waals surface area contributed by atoms with Crippen LogP contribution in [0.4, 0.5) is 11.5 Å². The summed E-state index contributed by atoms with van der Waals surface area (Å²) in [5, 5.41) is 16.2. The number of amides is 1. The van der Waals surface area contributed by atoms with Crippen LogP contribution in [0.15, 0.2) is 59.4 Å². The molecule has 3 rings (SSSR count). The first-order valence-corrected chi connectivity index (χ1v) is 7.39. The second-order valence-corrected chi connectivity index (χ2v) is 5.39. The first-order valence-electron chi connectivity index (χ1n) is 7.39. The Labute approximate surface area is 141 Å². The number of aromatic nitrogens is 2. The Morgan fingerprint density at radius 1 is 1.16 bits per heavy atom. The highest BCUT2D eigenvalue weighted by Gasteiger charge is 2.17. The number of hydrogen-bond acceptors (Lipinski definition) is 4. The number of carbonyl (C=O) groups is 1. The third-order valence-corrected chi connectivity index (χ3v) is 3.65. The lowest BCUT2D eigenvalue weighted by molar-refractivity contribution is -0.385. The summed E-state index contributed by atoms with van der Waals surface area (Å²) in [6, 6.07) is 14.4. The average Bonchev–Trinajstić information content (AvgIpc) is 2.96. The molecular formula is C17H14N4O4. The van der Waals surface area contributed by atoms with Gasteiger partial charge in [-0.15, -0.1) is 0 Å². The zero-order chi connectivity index (χ0) is 18.0. The van der Waals surface area contributed by atoms with Crippen molar-refractivity contribution in [2.75, 3.05) is 5.32 Å². The molecule has 0 saturated heterocycles. The van der Waals surface area contributed by atoms with Gasteiger partial charge in [0.25, 0.3) is 17.2 Å². The fourth-order valence-corrected chi connectivity index (χ4v) is 2.40. The van der Waals surface area contributed by atoms with Crippen LogP contribution in [0, 0.1) is 17.0 Å². The van der Waals surface area contributed by atoms with Gasteiger partial charge in [0, 0.05) is 23.3 Å². The van der Waals surface area contributed by atoms with Crippen molar-refractivity contribution in [3.8, 4) is 5.69 Å². The predicted octanol–water partition coefficient (Wildman–Crippen LogP) is 2.63. The number of nitro benzene ring substituents is 1. The second kappa shape index (κ2) is 6.44. The van der Waals surface area contributed by atoms with Gasteiger partial charge in [0.15, 0.2) is 0 Å². The van der Waals surface area contributed by atoms with E-state index >= 15 is 0 Å². The van der Waals surface area contributed by atoms with E-state index in [4.69, 9.17) is 0 Å². The molecule has 0 aliphatic carbocycles. The Kier molecular flexibility index (Phi) is 4.17. The third-order valence-electron chi connectivity index (χ3n) is 3.65. The molecular weight excluding hydrogens is 324 g/mol. The molecule has 1 amide bonds. The number of nitrogens with one attached hydrogen (secondary N) is 2. The van der Waals surface area contributed by atoms with Gasteiger partial charge in [-0.3, -0.25) is 24.8 Å². The van der Waals surface area contributed by atoms with E-state index in [1.807, 2.05) is 6.07 Å². The lowest BCUT2D eigenvalue weighted by atomic mass is 10.1.